The second-order valence-corrected chi connectivity index (χ2v) is 18.5. The SMILES string of the molecule is CC/C=C\C/C=C\C/C=C\C/C=C\C/C=C\CCCCCCCCCCCC(=O)OC(COCCCCC/C=C\C/C=C\C/C=C\C/C=C\CC)COP(=O)([O-])OCC[N+](C)(C)C. The molecule has 0 amide bonds. The first-order valence-electron chi connectivity index (χ1n) is 24.6. The summed E-state index contributed by atoms with van der Waals surface area (Å²) in [5, 5.41) is 0. The molecule has 0 radical (unpaired) electrons. The van der Waals surface area contributed by atoms with E-state index in [1.165, 1.54) is 38.5 Å². The number of carbonyl (C=O) groups is 1. The van der Waals surface area contributed by atoms with Crippen molar-refractivity contribution in [3.63, 3.8) is 0 Å². The molecule has 0 aliphatic heterocycles. The van der Waals surface area contributed by atoms with E-state index < -0.39 is 13.9 Å². The minimum atomic E-state index is -4.55. The first-order valence-corrected chi connectivity index (χ1v) is 26.1. The maximum atomic E-state index is 12.7. The number of hydrogen-bond acceptors (Lipinski definition) is 7. The molecule has 0 N–H and O–H groups in total. The number of esters is 1. The lowest BCUT2D eigenvalue weighted by Crippen LogP contribution is -2.37. The third kappa shape index (κ3) is 50.0. The number of nitrogens with zero attached hydrogens (tertiary/aromatic N) is 1. The molecule has 63 heavy (non-hydrogen) atoms. The highest BCUT2D eigenvalue weighted by atomic mass is 31.2. The number of phosphoric ester groups is 1. The maximum Gasteiger partial charge on any atom is 0.306 e. The van der Waals surface area contributed by atoms with Gasteiger partial charge in [-0.25, -0.2) is 0 Å². The molecule has 360 valence electrons. The van der Waals surface area contributed by atoms with E-state index in [9.17, 15) is 14.3 Å². The Kier molecular flexibility index (Phi) is 43.7. The van der Waals surface area contributed by atoms with Crippen LogP contribution in [0.2, 0.25) is 0 Å². The lowest BCUT2D eigenvalue weighted by Gasteiger charge is -2.28. The second kappa shape index (κ2) is 45.7. The van der Waals surface area contributed by atoms with Crippen molar-refractivity contribution in [3.05, 3.63) is 109 Å². The summed E-state index contributed by atoms with van der Waals surface area (Å²) in [5.74, 6) is -0.357. The van der Waals surface area contributed by atoms with Crippen LogP contribution in [0.15, 0.2) is 109 Å². The number of ether oxygens (including phenoxy) is 2. The normalized spacial score (nSPS) is 14.6. The minimum Gasteiger partial charge on any atom is -0.756 e. The number of hydrogen-bond donors (Lipinski definition) is 0. The fourth-order valence-corrected chi connectivity index (χ4v) is 6.82. The van der Waals surface area contributed by atoms with Crippen LogP contribution in [0.4, 0.5) is 0 Å². The molecule has 0 spiro atoms. The molecule has 0 rings (SSSR count). The van der Waals surface area contributed by atoms with Gasteiger partial charge in [-0.1, -0.05) is 175 Å². The van der Waals surface area contributed by atoms with Crippen LogP contribution >= 0.6 is 7.82 Å². The summed E-state index contributed by atoms with van der Waals surface area (Å²) in [4.78, 5) is 25.2. The fraction of sp³-hybridized carbons (Fsp3) is 0.648. The standard InChI is InChI=1S/C54H92NO7P/c1-6-8-10-12-14-16-18-20-22-24-25-26-27-28-29-30-31-32-33-35-37-39-41-43-45-47-54(56)62-53(52-61-63(57,58)60-50-48-55(3,4)5)51-59-49-46-44-42-40-38-36-34-23-21-19-17-15-13-11-9-7-2/h8-11,14-17,20-23,25-26,28-29,36,38,53H,6-7,12-13,18-19,24,27,30-35,37,39-52H2,1-5H3/b10-8-,11-9-,16-14-,17-15-,22-20-,23-21-,26-25-,29-28-,38-36-. The zero-order valence-corrected chi connectivity index (χ0v) is 41.6. The van der Waals surface area contributed by atoms with E-state index >= 15 is 0 Å². The van der Waals surface area contributed by atoms with Crippen molar-refractivity contribution in [1.82, 2.24) is 0 Å². The molecule has 2 unspecified atom stereocenters. The summed E-state index contributed by atoms with van der Waals surface area (Å²) >= 11 is 0. The third-order valence-corrected chi connectivity index (χ3v) is 10.8. The number of quaternary nitrogens is 1. The van der Waals surface area contributed by atoms with Gasteiger partial charge in [0.1, 0.15) is 19.3 Å². The Balaban J connectivity index is 4.23. The summed E-state index contributed by atoms with van der Waals surface area (Å²) in [7, 11) is 1.31. The third-order valence-electron chi connectivity index (χ3n) is 9.82. The van der Waals surface area contributed by atoms with E-state index in [1.807, 2.05) is 21.1 Å². The number of rotatable bonds is 44. The van der Waals surface area contributed by atoms with Crippen molar-refractivity contribution in [2.45, 2.75) is 174 Å². The molecule has 0 aliphatic carbocycles. The molecule has 9 heteroatoms. The van der Waals surface area contributed by atoms with E-state index in [0.717, 1.165) is 109 Å². The van der Waals surface area contributed by atoms with Crippen molar-refractivity contribution in [2.75, 3.05) is 54.1 Å². The van der Waals surface area contributed by atoms with Crippen molar-refractivity contribution < 1.29 is 37.3 Å². The van der Waals surface area contributed by atoms with Crippen LogP contribution in [0, 0.1) is 0 Å². The average molecular weight is 898 g/mol. The molecule has 0 heterocycles. The van der Waals surface area contributed by atoms with Crippen LogP contribution < -0.4 is 4.89 Å². The Hall–Kier alpha value is -2.84. The Labute approximate surface area is 387 Å². The maximum absolute atomic E-state index is 12.7. The van der Waals surface area contributed by atoms with Crippen molar-refractivity contribution in [2.24, 2.45) is 0 Å². The summed E-state index contributed by atoms with van der Waals surface area (Å²) < 4.78 is 34.6. The van der Waals surface area contributed by atoms with Crippen molar-refractivity contribution >= 4 is 13.8 Å². The number of unbranched alkanes of at least 4 members (excludes halogenated alkanes) is 12. The van der Waals surface area contributed by atoms with Gasteiger partial charge in [0.15, 0.2) is 0 Å². The molecule has 0 aliphatic rings. The van der Waals surface area contributed by atoms with Gasteiger partial charge in [0.25, 0.3) is 7.82 Å². The van der Waals surface area contributed by atoms with Gasteiger partial charge in [-0.3, -0.25) is 9.36 Å². The van der Waals surface area contributed by atoms with E-state index in [1.54, 1.807) is 0 Å². The van der Waals surface area contributed by atoms with Crippen LogP contribution in [0.3, 0.4) is 0 Å². The summed E-state index contributed by atoms with van der Waals surface area (Å²) in [6, 6.07) is 0. The fourth-order valence-electron chi connectivity index (χ4n) is 6.09. The quantitative estimate of drug-likeness (QED) is 0.0198. The predicted octanol–water partition coefficient (Wildman–Crippen LogP) is 14.5. The van der Waals surface area contributed by atoms with Crippen LogP contribution in [-0.2, 0) is 27.9 Å². The molecule has 0 aromatic rings. The highest BCUT2D eigenvalue weighted by Crippen LogP contribution is 2.38. The monoisotopic (exact) mass is 898 g/mol. The zero-order chi connectivity index (χ0) is 46.2. The smallest absolute Gasteiger partial charge is 0.306 e. The number of allylic oxidation sites excluding steroid dienone is 18. The van der Waals surface area contributed by atoms with Gasteiger partial charge >= 0.3 is 5.97 Å². The molecular weight excluding hydrogens is 806 g/mol. The van der Waals surface area contributed by atoms with Gasteiger partial charge in [-0.15, -0.1) is 0 Å². The van der Waals surface area contributed by atoms with Gasteiger partial charge < -0.3 is 27.9 Å². The van der Waals surface area contributed by atoms with Gasteiger partial charge in [0, 0.05) is 13.0 Å². The van der Waals surface area contributed by atoms with Gasteiger partial charge in [-0.05, 0) is 96.3 Å². The first-order chi connectivity index (χ1) is 30.6. The predicted molar refractivity (Wildman–Crippen MR) is 268 cm³/mol. The highest BCUT2D eigenvalue weighted by Gasteiger charge is 2.20. The topological polar surface area (TPSA) is 94.1 Å². The van der Waals surface area contributed by atoms with E-state index in [-0.39, 0.29) is 25.8 Å². The molecule has 0 saturated heterocycles. The molecule has 0 aromatic heterocycles. The Morgan fingerprint density at radius 3 is 1.30 bits per heavy atom. The first kappa shape index (κ1) is 60.2. The number of carbonyl (C=O) groups excluding carboxylic acids is 1. The summed E-state index contributed by atoms with van der Waals surface area (Å²) in [6.45, 7) is 5.07. The molecule has 2 atom stereocenters. The van der Waals surface area contributed by atoms with Gasteiger partial charge in [0.2, 0.25) is 0 Å². The largest absolute Gasteiger partial charge is 0.756 e. The molecule has 0 fully saturated rings. The minimum absolute atomic E-state index is 0.0119. The highest BCUT2D eigenvalue weighted by molar-refractivity contribution is 7.45. The molecule has 0 bridgehead atoms. The molecule has 0 saturated carbocycles. The van der Waals surface area contributed by atoms with E-state index in [4.69, 9.17) is 18.5 Å². The Morgan fingerprint density at radius 1 is 0.492 bits per heavy atom. The number of phosphoric acid groups is 1. The van der Waals surface area contributed by atoms with Gasteiger partial charge in [0.05, 0.1) is 34.4 Å². The summed E-state index contributed by atoms with van der Waals surface area (Å²) in [5.41, 5.74) is 0. The van der Waals surface area contributed by atoms with Crippen LogP contribution in [0.1, 0.15) is 168 Å². The number of likely N-dealkylation sites (N-methyl/N-ethyl adjacent to an activating group) is 1. The molecular formula is C54H92NO7P. The van der Waals surface area contributed by atoms with Crippen molar-refractivity contribution in [3.8, 4) is 0 Å². The van der Waals surface area contributed by atoms with Crippen LogP contribution in [-0.4, -0.2) is 70.7 Å². The average Bonchev–Trinajstić information content (AvgIpc) is 3.24. The van der Waals surface area contributed by atoms with Crippen LogP contribution in [0.5, 0.6) is 0 Å². The summed E-state index contributed by atoms with van der Waals surface area (Å²) in [6.07, 6.45) is 64.0. The molecule has 8 nitrogen and oxygen atoms in total. The van der Waals surface area contributed by atoms with Crippen molar-refractivity contribution in [1.29, 1.82) is 0 Å². The molecule has 0 aromatic carbocycles. The Morgan fingerprint density at radius 2 is 0.873 bits per heavy atom. The van der Waals surface area contributed by atoms with Gasteiger partial charge in [-0.2, -0.15) is 0 Å². The zero-order valence-electron chi connectivity index (χ0n) is 40.7. The second-order valence-electron chi connectivity index (χ2n) is 17.1. The van der Waals surface area contributed by atoms with E-state index in [0.29, 0.717) is 24.1 Å². The Bertz CT molecular complexity index is 1370. The lowest BCUT2D eigenvalue weighted by molar-refractivity contribution is -0.870. The van der Waals surface area contributed by atoms with Crippen LogP contribution in [0.25, 0.3) is 0 Å². The van der Waals surface area contributed by atoms with E-state index in [2.05, 4.69) is 123 Å². The lowest BCUT2D eigenvalue weighted by atomic mass is 10.1.